The van der Waals surface area contributed by atoms with Crippen LogP contribution in [0.5, 0.6) is 0 Å². The number of carboxylic acid groups (broad SMARTS) is 1. The fourth-order valence-corrected chi connectivity index (χ4v) is 6.34. The molecule has 0 saturated carbocycles. The van der Waals surface area contributed by atoms with Crippen molar-refractivity contribution < 1.29 is 33.7 Å². The van der Waals surface area contributed by atoms with Gasteiger partial charge in [-0.1, -0.05) is 11.2 Å². The topological polar surface area (TPSA) is 235 Å². The molecule has 2 atom stereocenters. The zero-order chi connectivity index (χ0) is 32.1. The number of β-lactam (4-membered cyclic amide) rings is 1. The number of carboxylic acids is 1. The number of H-pyrrole nitrogens is 1. The normalized spacial score (nSPS) is 17.8. The maximum Gasteiger partial charge on any atom is 0.282 e. The molecule has 1 fully saturated rings. The van der Waals surface area contributed by atoms with Gasteiger partial charge in [-0.2, -0.15) is 10.4 Å². The van der Waals surface area contributed by atoms with E-state index in [0.717, 1.165) is 21.8 Å². The Kier molecular flexibility index (Phi) is 9.20. The van der Waals surface area contributed by atoms with Crippen LogP contribution < -0.4 is 26.0 Å². The van der Waals surface area contributed by atoms with Gasteiger partial charge in [-0.3, -0.25) is 29.7 Å². The third-order valence-corrected chi connectivity index (χ3v) is 8.53. The van der Waals surface area contributed by atoms with Crippen LogP contribution in [0.1, 0.15) is 23.1 Å². The molecule has 0 spiro atoms. The van der Waals surface area contributed by atoms with E-state index in [9.17, 15) is 24.3 Å². The first-order valence-corrected chi connectivity index (χ1v) is 15.2. The second kappa shape index (κ2) is 13.4. The number of hydrogen-bond donors (Lipinski definition) is 4. The van der Waals surface area contributed by atoms with E-state index in [2.05, 4.69) is 25.7 Å². The first-order chi connectivity index (χ1) is 21.7. The molecular weight excluding hydrogens is 624 g/mol. The third-order valence-electron chi connectivity index (χ3n) is 6.56. The van der Waals surface area contributed by atoms with E-state index in [1.54, 1.807) is 49.8 Å². The SMILES string of the molecule is CCO/N=C(\C(=O)N[C@@H]1C(=O)N2C(C(=O)[O-])=C(C=CC[n+]3ccc(-c4cc(C(=O)NC#N)[nH]n4)cc3)CS[C@H]12)c1csc(N)n1. The number of aromatic nitrogens is 4. The largest absolute Gasteiger partial charge is 0.543 e. The van der Waals surface area contributed by atoms with Gasteiger partial charge in [-0.05, 0) is 24.6 Å². The van der Waals surface area contributed by atoms with Gasteiger partial charge in [-0.15, -0.1) is 23.1 Å². The molecule has 0 unspecified atom stereocenters. The van der Waals surface area contributed by atoms with Crippen molar-refractivity contribution >= 4 is 57.6 Å². The zero-order valence-corrected chi connectivity index (χ0v) is 25.1. The van der Waals surface area contributed by atoms with Gasteiger partial charge in [0.15, 0.2) is 36.0 Å². The lowest BCUT2D eigenvalue weighted by Crippen LogP contribution is -2.71. The number of aromatic amines is 1. The molecule has 230 valence electrons. The number of oxime groups is 1. The fraction of sp³-hybridized carbons (Fsp3) is 0.222. The maximum atomic E-state index is 13.1. The lowest BCUT2D eigenvalue weighted by Gasteiger charge is -2.50. The number of rotatable bonds is 11. The summed E-state index contributed by atoms with van der Waals surface area (Å²) in [6, 6.07) is 4.09. The van der Waals surface area contributed by atoms with Crippen LogP contribution in [0.4, 0.5) is 5.13 Å². The van der Waals surface area contributed by atoms with Crippen molar-refractivity contribution in [2.45, 2.75) is 24.9 Å². The number of hydrogen-bond acceptors (Lipinski definition) is 13. The second-order valence-electron chi connectivity index (χ2n) is 9.37. The Morgan fingerprint density at radius 3 is 2.82 bits per heavy atom. The van der Waals surface area contributed by atoms with Gasteiger partial charge >= 0.3 is 0 Å². The molecule has 3 amide bonds. The van der Waals surface area contributed by atoms with Crippen LogP contribution in [0, 0.1) is 11.5 Å². The monoisotopic (exact) mass is 648 g/mol. The van der Waals surface area contributed by atoms with Crippen molar-refractivity contribution in [3.05, 3.63) is 70.8 Å². The first-order valence-electron chi connectivity index (χ1n) is 13.2. The van der Waals surface area contributed by atoms with Crippen LogP contribution in [-0.2, 0) is 25.8 Å². The van der Waals surface area contributed by atoms with Gasteiger partial charge in [0.2, 0.25) is 0 Å². The Labute approximate surface area is 263 Å². The summed E-state index contributed by atoms with van der Waals surface area (Å²) in [4.78, 5) is 60.2. The van der Waals surface area contributed by atoms with Crippen LogP contribution in [0.3, 0.4) is 0 Å². The number of thioether (sulfide) groups is 1. The Bertz CT molecular complexity index is 1790. The Hall–Kier alpha value is -5.54. The number of allylic oxidation sites excluding steroid dienone is 2. The number of pyridine rings is 1. The summed E-state index contributed by atoms with van der Waals surface area (Å²) in [6.45, 7) is 2.27. The molecule has 2 aliphatic rings. The highest BCUT2D eigenvalue weighted by atomic mass is 32.2. The van der Waals surface area contributed by atoms with Gasteiger partial charge in [0, 0.05) is 28.8 Å². The van der Waals surface area contributed by atoms with E-state index < -0.39 is 35.1 Å². The number of nitriles is 1. The zero-order valence-electron chi connectivity index (χ0n) is 23.4. The first kappa shape index (κ1) is 30.9. The van der Waals surface area contributed by atoms with Crippen LogP contribution in [0.15, 0.2) is 64.6 Å². The number of thiazole rings is 1. The molecule has 1 saturated heterocycles. The molecule has 3 aromatic heterocycles. The summed E-state index contributed by atoms with van der Waals surface area (Å²) in [5, 5.41) is 36.9. The van der Waals surface area contributed by atoms with Gasteiger partial charge in [0.25, 0.3) is 17.7 Å². The number of amides is 3. The summed E-state index contributed by atoms with van der Waals surface area (Å²) in [5.74, 6) is -3.15. The molecule has 3 aromatic rings. The number of nitrogens with zero attached hydrogens (tertiary/aromatic N) is 6. The summed E-state index contributed by atoms with van der Waals surface area (Å²) >= 11 is 2.41. The lowest BCUT2D eigenvalue weighted by atomic mass is 10.0. The molecule has 45 heavy (non-hydrogen) atoms. The van der Waals surface area contributed by atoms with E-state index >= 15 is 0 Å². The standard InChI is InChI=1S/C27H24N10O6S2/c1-2-43-35-19(18-12-45-27(29)31-18)23(39)32-20-24(40)37-21(26(41)42)15(11-44-25(20)37)4-3-7-36-8-5-14(6-9-36)16-10-17(34-33-16)22(38)30-13-28/h3-6,8-10,12,20,25H,2,7,11H2,1H3,(H5,29,30,31,32,38,39,41,42)/b4-3?,35-19-/t20-,25-/m1/s1. The summed E-state index contributed by atoms with van der Waals surface area (Å²) < 4.78 is 1.83. The third kappa shape index (κ3) is 6.53. The molecule has 2 aliphatic heterocycles. The molecule has 16 nitrogen and oxygen atoms in total. The number of carbonyl (C=O) groups excluding carboxylic acids is 4. The van der Waals surface area contributed by atoms with E-state index in [4.69, 9.17) is 15.8 Å². The minimum Gasteiger partial charge on any atom is -0.543 e. The Morgan fingerprint density at radius 2 is 2.16 bits per heavy atom. The molecule has 18 heteroatoms. The van der Waals surface area contributed by atoms with Gasteiger partial charge in [0.05, 0.1) is 17.4 Å². The Morgan fingerprint density at radius 1 is 1.38 bits per heavy atom. The molecule has 5 rings (SSSR count). The number of nitrogen functional groups attached to an aromatic ring is 1. The number of anilines is 1. The van der Waals surface area contributed by atoms with Crippen molar-refractivity contribution in [3.63, 3.8) is 0 Å². The van der Waals surface area contributed by atoms with E-state index in [1.807, 2.05) is 9.88 Å². The average Bonchev–Trinajstić information content (AvgIpc) is 3.70. The van der Waals surface area contributed by atoms with Gasteiger partial charge < -0.3 is 25.8 Å². The van der Waals surface area contributed by atoms with Crippen LogP contribution in [0.25, 0.3) is 11.3 Å². The number of nitrogens with two attached hydrogens (primary N) is 1. The number of aliphatic carboxylic acids is 1. The molecule has 5 heterocycles. The summed E-state index contributed by atoms with van der Waals surface area (Å²) in [6.07, 6.45) is 8.49. The van der Waals surface area contributed by atoms with Crippen LogP contribution in [-0.4, -0.2) is 73.3 Å². The maximum absolute atomic E-state index is 13.1. The van der Waals surface area contributed by atoms with Crippen molar-refractivity contribution in [1.82, 2.24) is 30.7 Å². The lowest BCUT2D eigenvalue weighted by molar-refractivity contribution is -0.686. The minimum absolute atomic E-state index is 0.145. The molecule has 0 aromatic carbocycles. The summed E-state index contributed by atoms with van der Waals surface area (Å²) in [5.41, 5.74) is 7.24. The number of nitrogens with one attached hydrogen (secondary N) is 3. The van der Waals surface area contributed by atoms with Gasteiger partial charge in [0.1, 0.15) is 29.4 Å². The summed E-state index contributed by atoms with van der Waals surface area (Å²) in [7, 11) is 0. The molecule has 0 radical (unpaired) electrons. The predicted molar refractivity (Wildman–Crippen MR) is 158 cm³/mol. The van der Waals surface area contributed by atoms with Crippen molar-refractivity contribution in [3.8, 4) is 17.5 Å². The minimum atomic E-state index is -1.51. The quantitative estimate of drug-likeness (QED) is 0.0492. The molecule has 0 bridgehead atoms. The van der Waals surface area contributed by atoms with Crippen LogP contribution in [0.2, 0.25) is 0 Å². The highest BCUT2D eigenvalue weighted by Crippen LogP contribution is 2.40. The van der Waals surface area contributed by atoms with E-state index in [1.165, 1.54) is 23.2 Å². The molecular formula is C27H24N10O6S2. The second-order valence-corrected chi connectivity index (χ2v) is 11.4. The van der Waals surface area contributed by atoms with E-state index in [0.29, 0.717) is 17.8 Å². The number of carbonyl (C=O) groups is 4. The highest BCUT2D eigenvalue weighted by Gasteiger charge is 2.53. The predicted octanol–water partition coefficient (Wildman–Crippen LogP) is -0.985. The smallest absolute Gasteiger partial charge is 0.282 e. The molecule has 5 N–H and O–H groups in total. The van der Waals surface area contributed by atoms with Crippen LogP contribution >= 0.6 is 23.1 Å². The fourth-order valence-electron chi connectivity index (χ4n) is 4.47. The number of fused-ring (bicyclic) bond motifs is 1. The molecule has 0 aliphatic carbocycles. The van der Waals surface area contributed by atoms with Crippen molar-refractivity contribution in [2.75, 3.05) is 18.1 Å². The Balaban J connectivity index is 1.24. The van der Waals surface area contributed by atoms with Gasteiger partial charge in [-0.25, -0.2) is 9.55 Å². The highest BCUT2D eigenvalue weighted by molar-refractivity contribution is 8.00. The van der Waals surface area contributed by atoms with E-state index in [-0.39, 0.29) is 40.3 Å². The van der Waals surface area contributed by atoms with Crippen molar-refractivity contribution in [1.29, 1.82) is 5.26 Å². The van der Waals surface area contributed by atoms with Crippen molar-refractivity contribution in [2.24, 2.45) is 5.16 Å². The average molecular weight is 649 g/mol.